The smallest absolute Gasteiger partial charge is 0.331 e. The maximum atomic E-state index is 13.0. The number of fused-ring (bicyclic) bond motifs is 2. The lowest BCUT2D eigenvalue weighted by molar-refractivity contribution is -0.147. The van der Waals surface area contributed by atoms with Crippen LogP contribution in [0.2, 0.25) is 0 Å². The van der Waals surface area contributed by atoms with Crippen LogP contribution in [0.15, 0.2) is 58.4 Å². The third-order valence-electron chi connectivity index (χ3n) is 5.13. The summed E-state index contributed by atoms with van der Waals surface area (Å²) < 4.78 is 32.1. The number of benzene rings is 2. The Morgan fingerprint density at radius 3 is 2.48 bits per heavy atom. The zero-order chi connectivity index (χ0) is 22.3. The van der Waals surface area contributed by atoms with Crippen LogP contribution in [0, 0.1) is 6.92 Å². The third kappa shape index (κ3) is 3.72. The first kappa shape index (κ1) is 20.8. The fraction of sp³-hybridized carbons (Fsp3) is 0.227. The van der Waals surface area contributed by atoms with Gasteiger partial charge in [-0.25, -0.2) is 13.2 Å². The standard InChI is InChI=1S/C22H21N3O5S/c1-12-19(15-8-4-6-10-17(15)23-12)20(26)14(3)30-22(27)13(2)24-21-16-9-5-7-11-18(16)31(28,29)25-21/h4-11,13-14,23H,1-3H3,(H,24,25). The van der Waals surface area contributed by atoms with Crippen LogP contribution in [-0.2, 0) is 19.6 Å². The number of Topliss-reactive ketones (excluding diaryl/α,β-unsaturated/α-hetero) is 1. The van der Waals surface area contributed by atoms with Gasteiger partial charge < -0.3 is 9.72 Å². The molecule has 4 rings (SSSR count). The predicted molar refractivity (Wildman–Crippen MR) is 116 cm³/mol. The molecule has 31 heavy (non-hydrogen) atoms. The van der Waals surface area contributed by atoms with E-state index >= 15 is 0 Å². The molecule has 0 saturated carbocycles. The van der Waals surface area contributed by atoms with E-state index in [0.717, 1.165) is 10.9 Å². The van der Waals surface area contributed by atoms with Crippen molar-refractivity contribution in [3.8, 4) is 0 Å². The van der Waals surface area contributed by atoms with Gasteiger partial charge in [-0.05, 0) is 39.0 Å². The van der Waals surface area contributed by atoms with Crippen molar-refractivity contribution in [2.75, 3.05) is 0 Å². The Bertz CT molecular complexity index is 1340. The Kier molecular flexibility index (Phi) is 5.14. The first-order chi connectivity index (χ1) is 14.7. The van der Waals surface area contributed by atoms with Crippen LogP contribution < -0.4 is 4.72 Å². The highest BCUT2D eigenvalue weighted by Gasteiger charge is 2.32. The molecule has 8 nitrogen and oxygen atoms in total. The van der Waals surface area contributed by atoms with Gasteiger partial charge in [0.25, 0.3) is 10.0 Å². The van der Waals surface area contributed by atoms with Gasteiger partial charge in [0.05, 0.1) is 4.90 Å². The number of H-pyrrole nitrogens is 1. The molecule has 2 N–H and O–H groups in total. The number of ketones is 1. The molecule has 1 aliphatic heterocycles. The number of nitrogens with zero attached hydrogens (tertiary/aromatic N) is 1. The van der Waals surface area contributed by atoms with Crippen LogP contribution in [0.3, 0.4) is 0 Å². The molecule has 0 fully saturated rings. The number of amidine groups is 1. The van der Waals surface area contributed by atoms with Crippen molar-refractivity contribution in [1.82, 2.24) is 9.71 Å². The number of aromatic nitrogens is 1. The summed E-state index contributed by atoms with van der Waals surface area (Å²) in [4.78, 5) is 33.0. The zero-order valence-corrected chi connectivity index (χ0v) is 18.0. The number of ether oxygens (including phenoxy) is 1. The van der Waals surface area contributed by atoms with Gasteiger partial charge in [0.15, 0.2) is 6.10 Å². The molecule has 1 aliphatic rings. The lowest BCUT2D eigenvalue weighted by Crippen LogP contribution is -2.31. The van der Waals surface area contributed by atoms with Crippen LogP contribution in [0.25, 0.3) is 10.9 Å². The number of carbonyl (C=O) groups is 2. The lowest BCUT2D eigenvalue weighted by Gasteiger charge is -2.15. The molecule has 2 aromatic carbocycles. The second-order valence-electron chi connectivity index (χ2n) is 7.37. The molecule has 0 spiro atoms. The van der Waals surface area contributed by atoms with Gasteiger partial charge in [0, 0.05) is 27.7 Å². The number of hydrogen-bond donors (Lipinski definition) is 2. The summed E-state index contributed by atoms with van der Waals surface area (Å²) in [6.07, 6.45) is -1.03. The molecule has 0 bridgehead atoms. The quantitative estimate of drug-likeness (QED) is 0.468. The summed E-state index contributed by atoms with van der Waals surface area (Å²) in [6, 6.07) is 12.8. The van der Waals surface area contributed by atoms with Crippen LogP contribution in [0.4, 0.5) is 0 Å². The topological polar surface area (TPSA) is 118 Å². The highest BCUT2D eigenvalue weighted by atomic mass is 32.2. The van der Waals surface area contributed by atoms with Crippen molar-refractivity contribution < 1.29 is 22.7 Å². The van der Waals surface area contributed by atoms with E-state index < -0.39 is 28.1 Å². The molecule has 2 atom stereocenters. The summed E-state index contributed by atoms with van der Waals surface area (Å²) in [6.45, 7) is 4.79. The zero-order valence-electron chi connectivity index (χ0n) is 17.2. The van der Waals surface area contributed by atoms with E-state index in [4.69, 9.17) is 4.74 Å². The van der Waals surface area contributed by atoms with E-state index in [9.17, 15) is 18.0 Å². The highest BCUT2D eigenvalue weighted by molar-refractivity contribution is 7.90. The summed E-state index contributed by atoms with van der Waals surface area (Å²) in [5.74, 6) is -0.976. The summed E-state index contributed by atoms with van der Waals surface area (Å²) >= 11 is 0. The summed E-state index contributed by atoms with van der Waals surface area (Å²) in [7, 11) is -3.71. The average molecular weight is 439 g/mol. The van der Waals surface area contributed by atoms with Crippen molar-refractivity contribution in [2.24, 2.45) is 4.99 Å². The number of aromatic amines is 1. The van der Waals surface area contributed by atoms with Crippen LogP contribution in [-0.4, -0.2) is 43.1 Å². The number of para-hydroxylation sites is 1. The maximum absolute atomic E-state index is 13.0. The van der Waals surface area contributed by atoms with Gasteiger partial charge in [0.2, 0.25) is 5.78 Å². The normalized spacial score (nSPS) is 17.7. The minimum atomic E-state index is -3.71. The molecule has 9 heteroatoms. The van der Waals surface area contributed by atoms with Gasteiger partial charge in [-0.3, -0.25) is 14.5 Å². The first-order valence-corrected chi connectivity index (χ1v) is 11.2. The van der Waals surface area contributed by atoms with Crippen LogP contribution >= 0.6 is 0 Å². The lowest BCUT2D eigenvalue weighted by atomic mass is 10.0. The maximum Gasteiger partial charge on any atom is 0.331 e. The molecular weight excluding hydrogens is 418 g/mol. The number of aliphatic imine (C=N–C) groups is 1. The van der Waals surface area contributed by atoms with E-state index in [1.165, 1.54) is 19.9 Å². The Labute approximate surface area is 179 Å². The number of rotatable bonds is 5. The molecule has 1 aromatic heterocycles. The van der Waals surface area contributed by atoms with Crippen LogP contribution in [0.1, 0.15) is 35.5 Å². The van der Waals surface area contributed by atoms with Crippen molar-refractivity contribution in [2.45, 2.75) is 37.8 Å². The fourth-order valence-corrected chi connectivity index (χ4v) is 4.84. The number of esters is 1. The summed E-state index contributed by atoms with van der Waals surface area (Å²) in [5, 5.41) is 0.762. The van der Waals surface area contributed by atoms with Crippen molar-refractivity contribution in [1.29, 1.82) is 0 Å². The number of hydrogen-bond acceptors (Lipinski definition) is 6. The SMILES string of the molecule is Cc1[nH]c2ccccc2c1C(=O)C(C)OC(=O)C(C)N=C1NS(=O)(=O)c2ccccc21. The minimum absolute atomic E-state index is 0.0755. The molecule has 3 aromatic rings. The Hall–Kier alpha value is -3.46. The average Bonchev–Trinajstić information content (AvgIpc) is 3.20. The van der Waals surface area contributed by atoms with E-state index in [-0.39, 0.29) is 16.5 Å². The molecule has 2 unspecified atom stereocenters. The monoisotopic (exact) mass is 439 g/mol. The Balaban J connectivity index is 1.52. The number of carbonyl (C=O) groups excluding carboxylic acids is 2. The van der Waals surface area contributed by atoms with Gasteiger partial charge in [0.1, 0.15) is 11.9 Å². The molecule has 0 saturated heterocycles. The van der Waals surface area contributed by atoms with Gasteiger partial charge in [-0.2, -0.15) is 0 Å². The van der Waals surface area contributed by atoms with Gasteiger partial charge in [-0.15, -0.1) is 0 Å². The first-order valence-electron chi connectivity index (χ1n) is 9.71. The Morgan fingerprint density at radius 1 is 1.03 bits per heavy atom. The van der Waals surface area contributed by atoms with Crippen LogP contribution in [0.5, 0.6) is 0 Å². The summed E-state index contributed by atoms with van der Waals surface area (Å²) in [5.41, 5.74) is 2.39. The number of sulfonamides is 1. The van der Waals surface area contributed by atoms with Gasteiger partial charge >= 0.3 is 5.97 Å². The molecule has 0 amide bonds. The molecule has 160 valence electrons. The number of nitrogens with one attached hydrogen (secondary N) is 2. The largest absolute Gasteiger partial charge is 0.453 e. The van der Waals surface area contributed by atoms with E-state index in [1.54, 1.807) is 25.1 Å². The third-order valence-corrected chi connectivity index (χ3v) is 6.53. The van der Waals surface area contributed by atoms with Gasteiger partial charge in [-0.1, -0.05) is 30.3 Å². The van der Waals surface area contributed by atoms with Crippen molar-refractivity contribution in [3.63, 3.8) is 0 Å². The predicted octanol–water partition coefficient (Wildman–Crippen LogP) is 2.72. The Morgan fingerprint density at radius 2 is 1.71 bits per heavy atom. The van der Waals surface area contributed by atoms with Crippen molar-refractivity contribution >= 4 is 38.5 Å². The number of aryl methyl sites for hydroxylation is 1. The molecule has 2 heterocycles. The van der Waals surface area contributed by atoms with E-state index in [0.29, 0.717) is 16.8 Å². The fourth-order valence-electron chi connectivity index (χ4n) is 3.60. The van der Waals surface area contributed by atoms with E-state index in [2.05, 4.69) is 14.7 Å². The second-order valence-corrected chi connectivity index (χ2v) is 9.02. The van der Waals surface area contributed by atoms with E-state index in [1.807, 2.05) is 24.3 Å². The highest BCUT2D eigenvalue weighted by Crippen LogP contribution is 2.25. The minimum Gasteiger partial charge on any atom is -0.453 e. The van der Waals surface area contributed by atoms with Crippen molar-refractivity contribution in [3.05, 3.63) is 65.4 Å². The molecule has 0 aliphatic carbocycles. The second kappa shape index (κ2) is 7.66. The molecule has 0 radical (unpaired) electrons. The molecular formula is C22H21N3O5S.